The first kappa shape index (κ1) is 20.6. The van der Waals surface area contributed by atoms with Gasteiger partial charge >= 0.3 is 0 Å². The van der Waals surface area contributed by atoms with Gasteiger partial charge in [-0.2, -0.15) is 4.31 Å². The van der Waals surface area contributed by atoms with Crippen molar-refractivity contribution in [3.8, 4) is 22.8 Å². The maximum Gasteiger partial charge on any atom is 0.244 e. The molecule has 1 atom stereocenters. The number of aromatic nitrogens is 1. The maximum atomic E-state index is 12.7. The van der Waals surface area contributed by atoms with E-state index in [0.717, 1.165) is 24.7 Å². The van der Waals surface area contributed by atoms with Gasteiger partial charge in [-0.15, -0.1) is 11.3 Å². The number of carbonyl (C=O) groups excluding carboxylic acids is 1. The van der Waals surface area contributed by atoms with E-state index in [2.05, 4.69) is 10.3 Å². The molecular formula is C18H23N3O5S2. The Morgan fingerprint density at radius 2 is 2.00 bits per heavy atom. The Bertz CT molecular complexity index is 958. The molecule has 1 amide bonds. The van der Waals surface area contributed by atoms with Crippen molar-refractivity contribution in [3.63, 3.8) is 0 Å². The van der Waals surface area contributed by atoms with Gasteiger partial charge in [0.2, 0.25) is 15.9 Å². The minimum atomic E-state index is -3.43. The minimum absolute atomic E-state index is 0.349. The molecule has 2 heterocycles. The zero-order valence-corrected chi connectivity index (χ0v) is 17.6. The van der Waals surface area contributed by atoms with Gasteiger partial charge in [0.15, 0.2) is 16.6 Å². The number of sulfonamides is 1. The number of nitrogens with zero attached hydrogens (tertiary/aromatic N) is 2. The van der Waals surface area contributed by atoms with Crippen molar-refractivity contribution in [2.45, 2.75) is 25.3 Å². The molecule has 152 valence electrons. The fraction of sp³-hybridized carbons (Fsp3) is 0.444. The molecule has 1 N–H and O–H groups in total. The normalized spacial score (nSPS) is 17.9. The lowest BCUT2D eigenvalue weighted by Crippen LogP contribution is -2.49. The number of nitrogens with one attached hydrogen (secondary N) is 1. The second-order valence-electron chi connectivity index (χ2n) is 6.48. The van der Waals surface area contributed by atoms with Crippen molar-refractivity contribution in [2.24, 2.45) is 0 Å². The average molecular weight is 426 g/mol. The highest BCUT2D eigenvalue weighted by Crippen LogP contribution is 2.33. The molecule has 0 radical (unpaired) electrons. The lowest BCUT2D eigenvalue weighted by Gasteiger charge is -2.32. The van der Waals surface area contributed by atoms with Crippen molar-refractivity contribution in [2.75, 3.05) is 32.3 Å². The maximum absolute atomic E-state index is 12.7. The number of carbonyl (C=O) groups is 1. The Morgan fingerprint density at radius 1 is 1.25 bits per heavy atom. The van der Waals surface area contributed by atoms with Crippen molar-refractivity contribution >= 4 is 32.4 Å². The molecular weight excluding hydrogens is 402 g/mol. The summed E-state index contributed by atoms with van der Waals surface area (Å²) in [4.78, 5) is 17.1. The number of thiazole rings is 1. The van der Waals surface area contributed by atoms with E-state index in [-0.39, 0.29) is 5.91 Å². The number of piperidine rings is 1. The lowest BCUT2D eigenvalue weighted by molar-refractivity contribution is -0.120. The van der Waals surface area contributed by atoms with Crippen molar-refractivity contribution < 1.29 is 22.7 Å². The first-order valence-electron chi connectivity index (χ1n) is 8.79. The number of rotatable bonds is 6. The van der Waals surface area contributed by atoms with Crippen LogP contribution >= 0.6 is 11.3 Å². The molecule has 1 fully saturated rings. The van der Waals surface area contributed by atoms with Crippen molar-refractivity contribution in [1.82, 2.24) is 9.29 Å². The van der Waals surface area contributed by atoms with Crippen LogP contribution in [-0.4, -0.2) is 56.7 Å². The first-order chi connectivity index (χ1) is 13.3. The van der Waals surface area contributed by atoms with Gasteiger partial charge in [-0.05, 0) is 31.0 Å². The van der Waals surface area contributed by atoms with Gasteiger partial charge in [-0.1, -0.05) is 6.42 Å². The molecule has 10 heteroatoms. The molecule has 0 bridgehead atoms. The van der Waals surface area contributed by atoms with Gasteiger partial charge in [0.05, 0.1) is 26.2 Å². The van der Waals surface area contributed by atoms with Crippen LogP contribution in [0.1, 0.15) is 19.3 Å². The number of methoxy groups -OCH3 is 2. The van der Waals surface area contributed by atoms with E-state index in [0.29, 0.717) is 35.3 Å². The van der Waals surface area contributed by atoms with Crippen LogP contribution in [-0.2, 0) is 14.8 Å². The van der Waals surface area contributed by atoms with E-state index >= 15 is 0 Å². The van der Waals surface area contributed by atoms with Gasteiger partial charge in [0, 0.05) is 17.5 Å². The number of anilines is 1. The van der Waals surface area contributed by atoms with Crippen LogP contribution in [0.5, 0.6) is 11.5 Å². The summed E-state index contributed by atoms with van der Waals surface area (Å²) < 4.78 is 35.8. The first-order valence-corrected chi connectivity index (χ1v) is 11.5. The number of benzene rings is 1. The summed E-state index contributed by atoms with van der Waals surface area (Å²) in [5, 5.41) is 5.01. The highest BCUT2D eigenvalue weighted by atomic mass is 32.2. The lowest BCUT2D eigenvalue weighted by atomic mass is 10.0. The predicted molar refractivity (Wildman–Crippen MR) is 108 cm³/mol. The Labute approximate surface area is 168 Å². The summed E-state index contributed by atoms with van der Waals surface area (Å²) in [6.45, 7) is 0.367. The van der Waals surface area contributed by atoms with Gasteiger partial charge in [-0.3, -0.25) is 4.79 Å². The Morgan fingerprint density at radius 3 is 2.68 bits per heavy atom. The molecule has 1 aliphatic rings. The van der Waals surface area contributed by atoms with Gasteiger partial charge in [0.1, 0.15) is 6.04 Å². The number of hydrogen-bond acceptors (Lipinski definition) is 7. The average Bonchev–Trinajstić information content (AvgIpc) is 3.15. The van der Waals surface area contributed by atoms with Crippen LogP contribution in [0.25, 0.3) is 11.3 Å². The quantitative estimate of drug-likeness (QED) is 0.764. The summed E-state index contributed by atoms with van der Waals surface area (Å²) in [5.74, 6) is 0.857. The molecule has 1 aromatic carbocycles. The largest absolute Gasteiger partial charge is 0.493 e. The molecule has 8 nitrogen and oxygen atoms in total. The van der Waals surface area contributed by atoms with Crippen LogP contribution < -0.4 is 14.8 Å². The zero-order valence-electron chi connectivity index (χ0n) is 16.0. The molecule has 0 saturated carbocycles. The summed E-state index contributed by atoms with van der Waals surface area (Å²) in [6.07, 6.45) is 3.22. The van der Waals surface area contributed by atoms with Crippen LogP contribution in [0, 0.1) is 0 Å². The molecule has 0 aliphatic carbocycles. The topological polar surface area (TPSA) is 97.8 Å². The SMILES string of the molecule is COc1ccc(-c2csc(NC(=O)C3CCCCN3S(C)(=O)=O)n2)cc1OC. The zero-order chi connectivity index (χ0) is 20.3. The van der Waals surface area contributed by atoms with E-state index in [1.165, 1.54) is 15.6 Å². The van der Waals surface area contributed by atoms with Crippen LogP contribution in [0.3, 0.4) is 0 Å². The number of amides is 1. The third-order valence-electron chi connectivity index (χ3n) is 4.60. The van der Waals surface area contributed by atoms with E-state index < -0.39 is 16.1 Å². The number of hydrogen-bond donors (Lipinski definition) is 1. The summed E-state index contributed by atoms with van der Waals surface area (Å²) >= 11 is 1.29. The molecule has 3 rings (SSSR count). The van der Waals surface area contributed by atoms with Gasteiger partial charge in [0.25, 0.3) is 0 Å². The number of ether oxygens (including phenoxy) is 2. The predicted octanol–water partition coefficient (Wildman–Crippen LogP) is 2.58. The third kappa shape index (κ3) is 4.45. The molecule has 1 saturated heterocycles. The molecule has 1 aromatic heterocycles. The smallest absolute Gasteiger partial charge is 0.244 e. The fourth-order valence-corrected chi connectivity index (χ4v) is 5.06. The monoisotopic (exact) mass is 425 g/mol. The van der Waals surface area contributed by atoms with Crippen LogP contribution in [0.2, 0.25) is 0 Å². The Balaban J connectivity index is 1.76. The molecule has 28 heavy (non-hydrogen) atoms. The van der Waals surface area contributed by atoms with E-state index in [1.54, 1.807) is 20.3 Å². The fourth-order valence-electron chi connectivity index (χ4n) is 3.21. The van der Waals surface area contributed by atoms with E-state index in [4.69, 9.17) is 9.47 Å². The Hall–Kier alpha value is -2.17. The third-order valence-corrected chi connectivity index (χ3v) is 6.64. The molecule has 2 aromatic rings. The van der Waals surface area contributed by atoms with E-state index in [9.17, 15) is 13.2 Å². The standard InChI is InChI=1S/C18H23N3O5S2/c1-25-15-8-7-12(10-16(15)26-2)13-11-27-18(19-13)20-17(22)14-6-4-5-9-21(14)28(3,23)24/h7-8,10-11,14H,4-6,9H2,1-3H3,(H,19,20,22). The van der Waals surface area contributed by atoms with Crippen LogP contribution in [0.4, 0.5) is 5.13 Å². The second kappa shape index (κ2) is 8.46. The van der Waals surface area contributed by atoms with Gasteiger partial charge < -0.3 is 14.8 Å². The Kier molecular flexibility index (Phi) is 6.21. The molecule has 1 unspecified atom stereocenters. The van der Waals surface area contributed by atoms with Gasteiger partial charge in [-0.25, -0.2) is 13.4 Å². The van der Waals surface area contributed by atoms with Crippen molar-refractivity contribution in [1.29, 1.82) is 0 Å². The minimum Gasteiger partial charge on any atom is -0.493 e. The second-order valence-corrected chi connectivity index (χ2v) is 9.28. The molecule has 0 spiro atoms. The van der Waals surface area contributed by atoms with Crippen LogP contribution in [0.15, 0.2) is 23.6 Å². The summed E-state index contributed by atoms with van der Waals surface area (Å²) in [7, 11) is -0.305. The highest BCUT2D eigenvalue weighted by Gasteiger charge is 2.34. The van der Waals surface area contributed by atoms with E-state index in [1.807, 2.05) is 17.5 Å². The highest BCUT2D eigenvalue weighted by molar-refractivity contribution is 7.88. The van der Waals surface area contributed by atoms with Crippen molar-refractivity contribution in [3.05, 3.63) is 23.6 Å². The molecule has 1 aliphatic heterocycles. The summed E-state index contributed by atoms with van der Waals surface area (Å²) in [5.41, 5.74) is 1.51. The summed E-state index contributed by atoms with van der Waals surface area (Å²) in [6, 6.07) is 4.76.